The van der Waals surface area contributed by atoms with Crippen LogP contribution in [0.4, 0.5) is 34.1 Å². The largest absolute Gasteiger partial charge is 0.505 e. The van der Waals surface area contributed by atoms with Crippen LogP contribution >= 0.6 is 12.0 Å². The van der Waals surface area contributed by atoms with Gasteiger partial charge >= 0.3 is 0 Å². The molecule has 39 heavy (non-hydrogen) atoms. The van der Waals surface area contributed by atoms with Crippen molar-refractivity contribution in [3.63, 3.8) is 0 Å². The molecule has 0 aliphatic carbocycles. The second-order valence-electron chi connectivity index (χ2n) is 7.52. The Morgan fingerprint density at radius 2 is 1.54 bits per heavy atom. The summed E-state index contributed by atoms with van der Waals surface area (Å²) in [6.45, 7) is 0. The predicted octanol–water partition coefficient (Wildman–Crippen LogP) is 6.54. The van der Waals surface area contributed by atoms with Crippen molar-refractivity contribution in [2.75, 3.05) is 5.73 Å². The molecular formula is C22H16N6O9S2. The van der Waals surface area contributed by atoms with Gasteiger partial charge in [-0.2, -0.15) is 18.6 Å². The molecule has 0 bridgehead atoms. The maximum absolute atomic E-state index is 12.2. The van der Waals surface area contributed by atoms with Crippen LogP contribution in [0.5, 0.6) is 5.75 Å². The van der Waals surface area contributed by atoms with Gasteiger partial charge in [-0.15, -0.1) is 14.6 Å². The fraction of sp³-hybridized carbons (Fsp3) is 0. The van der Waals surface area contributed by atoms with Gasteiger partial charge in [0.2, 0.25) is 0 Å². The minimum atomic E-state index is -4.92. The summed E-state index contributed by atoms with van der Waals surface area (Å²) in [5.74, 6) is -0.567. The van der Waals surface area contributed by atoms with E-state index in [9.17, 15) is 28.2 Å². The van der Waals surface area contributed by atoms with E-state index >= 15 is 0 Å². The molecule has 0 radical (unpaired) electrons. The SMILES string of the molecule is Nc1c(/N=N/c2ccc([N+](=O)[O-])cc2)c(S(=O)(=O)O)cc2cc(SOOO)c(/N=N/c3ccccc3)c(O)c12. The molecule has 4 aromatic carbocycles. The Morgan fingerprint density at radius 1 is 0.923 bits per heavy atom. The van der Waals surface area contributed by atoms with E-state index in [0.717, 1.165) is 18.2 Å². The lowest BCUT2D eigenvalue weighted by atomic mass is 10.1. The third-order valence-corrected chi connectivity index (χ3v) is 6.58. The van der Waals surface area contributed by atoms with E-state index in [1.165, 1.54) is 18.2 Å². The molecule has 0 heterocycles. The number of azo groups is 2. The number of hydrogen-bond acceptors (Lipinski definition) is 14. The number of nitro benzene ring substituents is 1. The maximum atomic E-state index is 12.2. The van der Waals surface area contributed by atoms with Gasteiger partial charge in [0.25, 0.3) is 15.8 Å². The summed E-state index contributed by atoms with van der Waals surface area (Å²) >= 11 is 0.417. The summed E-state index contributed by atoms with van der Waals surface area (Å²) in [4.78, 5) is 9.52. The van der Waals surface area contributed by atoms with Crippen molar-refractivity contribution in [3.8, 4) is 5.75 Å². The molecule has 0 amide bonds. The zero-order valence-corrected chi connectivity index (χ0v) is 20.9. The Hall–Kier alpha value is -4.52. The fourth-order valence-electron chi connectivity index (χ4n) is 3.37. The highest BCUT2D eigenvalue weighted by atomic mass is 32.2. The number of non-ortho nitro benzene ring substituents is 1. The number of nitrogens with two attached hydrogens (primary N) is 1. The van der Waals surface area contributed by atoms with Gasteiger partial charge in [-0.1, -0.05) is 23.2 Å². The second-order valence-corrected chi connectivity index (χ2v) is 9.65. The number of hydrogen-bond donors (Lipinski definition) is 4. The number of benzene rings is 4. The average molecular weight is 573 g/mol. The van der Waals surface area contributed by atoms with Crippen LogP contribution in [0.15, 0.2) is 97.0 Å². The molecule has 0 atom stereocenters. The number of nitrogens with zero attached hydrogens (tertiary/aromatic N) is 5. The summed E-state index contributed by atoms with van der Waals surface area (Å²) in [5, 5.41) is 49.9. The molecule has 0 aliphatic heterocycles. The number of phenolic OH excluding ortho intramolecular Hbond substituents is 1. The lowest BCUT2D eigenvalue weighted by Crippen LogP contribution is -2.02. The van der Waals surface area contributed by atoms with Gasteiger partial charge in [0.05, 0.1) is 44.3 Å². The topological polar surface area (TPSA) is 232 Å². The molecule has 4 aromatic rings. The van der Waals surface area contributed by atoms with Gasteiger partial charge in [0.15, 0.2) is 5.75 Å². The quantitative estimate of drug-likeness (QED) is 0.0319. The van der Waals surface area contributed by atoms with Crippen LogP contribution in [0.2, 0.25) is 0 Å². The zero-order valence-electron chi connectivity index (χ0n) is 19.3. The van der Waals surface area contributed by atoms with Crippen LogP contribution in [0.3, 0.4) is 0 Å². The number of nitrogen functional groups attached to an aromatic ring is 1. The van der Waals surface area contributed by atoms with Gasteiger partial charge in [0, 0.05) is 12.1 Å². The van der Waals surface area contributed by atoms with Gasteiger partial charge in [-0.05, 0) is 41.8 Å². The molecule has 0 saturated carbocycles. The van der Waals surface area contributed by atoms with Gasteiger partial charge in [-0.3, -0.25) is 14.7 Å². The Bertz CT molecular complexity index is 1710. The molecule has 0 aliphatic rings. The summed E-state index contributed by atoms with van der Waals surface area (Å²) in [6.07, 6.45) is 0. The predicted molar refractivity (Wildman–Crippen MR) is 138 cm³/mol. The Balaban J connectivity index is 1.92. The molecular weight excluding hydrogens is 556 g/mol. The average Bonchev–Trinajstić information content (AvgIpc) is 2.90. The highest BCUT2D eigenvalue weighted by molar-refractivity contribution is 7.94. The molecule has 0 spiro atoms. The smallest absolute Gasteiger partial charge is 0.296 e. The lowest BCUT2D eigenvalue weighted by Gasteiger charge is -2.14. The standard InChI is InChI=1S/C22H16N6O9S2/c23-19-18-12(10-16(38-37-36-32)20(22(18)29)26-24-13-4-2-1-3-5-13)11-17(39(33,34)35)21(19)27-25-14-6-8-15(9-7-14)28(30)31/h1-11,29,32H,23H2,(H,33,34,35)/b26-24+,27-25+. The summed E-state index contributed by atoms with van der Waals surface area (Å²) in [5.41, 5.74) is 5.46. The highest BCUT2D eigenvalue weighted by Gasteiger charge is 2.25. The van der Waals surface area contributed by atoms with Crippen LogP contribution in [0.1, 0.15) is 0 Å². The van der Waals surface area contributed by atoms with Crippen molar-refractivity contribution in [2.45, 2.75) is 9.79 Å². The second kappa shape index (κ2) is 11.5. The monoisotopic (exact) mass is 572 g/mol. The molecule has 200 valence electrons. The van der Waals surface area contributed by atoms with E-state index in [0.29, 0.717) is 17.7 Å². The third-order valence-electron chi connectivity index (χ3n) is 5.09. The minimum absolute atomic E-state index is 0.00890. The molecule has 15 nitrogen and oxygen atoms in total. The first-order chi connectivity index (χ1) is 18.6. The first-order valence-corrected chi connectivity index (χ1v) is 12.7. The minimum Gasteiger partial charge on any atom is -0.505 e. The Kier molecular flexibility index (Phi) is 8.10. The van der Waals surface area contributed by atoms with Gasteiger partial charge in [0.1, 0.15) is 16.3 Å². The molecule has 0 unspecified atom stereocenters. The lowest BCUT2D eigenvalue weighted by molar-refractivity contribution is -0.432. The molecule has 0 saturated heterocycles. The molecule has 0 aromatic heterocycles. The van der Waals surface area contributed by atoms with Crippen LogP contribution in [0, 0.1) is 10.1 Å². The molecule has 4 rings (SSSR count). The van der Waals surface area contributed by atoms with E-state index in [2.05, 4.69) is 29.8 Å². The van der Waals surface area contributed by atoms with Crippen molar-refractivity contribution in [1.82, 2.24) is 0 Å². The molecule has 0 fully saturated rings. The number of nitro groups is 1. The zero-order chi connectivity index (χ0) is 28.2. The van der Waals surface area contributed by atoms with Crippen molar-refractivity contribution in [1.29, 1.82) is 0 Å². The number of phenols is 1. The van der Waals surface area contributed by atoms with Crippen LogP contribution in [-0.4, -0.2) is 28.3 Å². The van der Waals surface area contributed by atoms with Gasteiger partial charge in [-0.25, -0.2) is 5.26 Å². The fourth-order valence-corrected chi connectivity index (χ4v) is 4.54. The van der Waals surface area contributed by atoms with E-state index in [1.54, 1.807) is 30.3 Å². The molecule has 17 heteroatoms. The number of aromatic hydroxyl groups is 1. The number of fused-ring (bicyclic) bond motifs is 1. The first-order valence-electron chi connectivity index (χ1n) is 10.5. The summed E-state index contributed by atoms with van der Waals surface area (Å²) in [7, 11) is -4.92. The van der Waals surface area contributed by atoms with E-state index in [1.807, 2.05) is 0 Å². The van der Waals surface area contributed by atoms with Crippen LogP contribution in [0.25, 0.3) is 10.8 Å². The number of anilines is 1. The highest BCUT2D eigenvalue weighted by Crippen LogP contribution is 2.49. The normalized spacial score (nSPS) is 12.1. The van der Waals surface area contributed by atoms with E-state index in [4.69, 9.17) is 11.0 Å². The summed E-state index contributed by atoms with van der Waals surface area (Å²) < 4.78 is 38.7. The van der Waals surface area contributed by atoms with Crippen molar-refractivity contribution < 1.29 is 37.6 Å². The number of rotatable bonds is 9. The van der Waals surface area contributed by atoms with Gasteiger partial charge < -0.3 is 10.8 Å². The van der Waals surface area contributed by atoms with Crippen LogP contribution in [-0.2, 0) is 19.5 Å². The van der Waals surface area contributed by atoms with Crippen molar-refractivity contribution >= 4 is 67.1 Å². The summed E-state index contributed by atoms with van der Waals surface area (Å²) in [6, 6.07) is 15.6. The maximum Gasteiger partial charge on any atom is 0.296 e. The molecule has 5 N–H and O–H groups in total. The van der Waals surface area contributed by atoms with Crippen molar-refractivity contribution in [2.24, 2.45) is 20.5 Å². The van der Waals surface area contributed by atoms with E-state index in [-0.39, 0.29) is 32.7 Å². The first kappa shape index (κ1) is 27.5. The van der Waals surface area contributed by atoms with Crippen molar-refractivity contribution in [3.05, 3.63) is 76.8 Å². The van der Waals surface area contributed by atoms with E-state index < -0.39 is 37.1 Å². The Labute approximate surface area is 223 Å². The Morgan fingerprint density at radius 3 is 2.13 bits per heavy atom. The third kappa shape index (κ3) is 6.14. The van der Waals surface area contributed by atoms with Crippen LogP contribution < -0.4 is 5.73 Å².